The number of nitrogens with zero attached hydrogens (tertiary/aromatic N) is 1. The Labute approximate surface area is 175 Å². The highest BCUT2D eigenvalue weighted by Crippen LogP contribution is 2.37. The fraction of sp³-hybridized carbons (Fsp3) is 0.240. The average Bonchev–Trinajstić information content (AvgIpc) is 3.11. The second kappa shape index (κ2) is 8.20. The number of furan rings is 1. The summed E-state index contributed by atoms with van der Waals surface area (Å²) >= 11 is 0. The Bertz CT molecular complexity index is 1210. The number of phenolic OH excluding ortho intramolecular Hbond substituents is 1. The Morgan fingerprint density at radius 3 is 2.40 bits per heavy atom. The smallest absolute Gasteiger partial charge is 0.225 e. The fourth-order valence-electron chi connectivity index (χ4n) is 3.93. The molecular formula is C25H25NO4. The van der Waals surface area contributed by atoms with E-state index in [9.17, 15) is 15.0 Å². The van der Waals surface area contributed by atoms with E-state index in [4.69, 9.17) is 4.42 Å². The Morgan fingerprint density at radius 2 is 1.63 bits per heavy atom. The van der Waals surface area contributed by atoms with Gasteiger partial charge >= 0.3 is 0 Å². The van der Waals surface area contributed by atoms with Crippen molar-refractivity contribution in [2.24, 2.45) is 0 Å². The first kappa shape index (κ1) is 20.0. The molecule has 154 valence electrons. The van der Waals surface area contributed by atoms with Crippen LogP contribution in [0.1, 0.15) is 29.2 Å². The maximum Gasteiger partial charge on any atom is 0.225 e. The van der Waals surface area contributed by atoms with Crippen molar-refractivity contribution in [3.8, 4) is 5.75 Å². The highest BCUT2D eigenvalue weighted by atomic mass is 16.3. The minimum absolute atomic E-state index is 0.00475. The lowest BCUT2D eigenvalue weighted by atomic mass is 9.91. The normalized spacial score (nSPS) is 12.4. The van der Waals surface area contributed by atoms with E-state index in [1.165, 1.54) is 4.90 Å². The maximum atomic E-state index is 12.3. The lowest BCUT2D eigenvalue weighted by molar-refractivity contribution is -0.130. The second-order valence-corrected chi connectivity index (χ2v) is 7.75. The molecule has 5 nitrogen and oxygen atoms in total. The van der Waals surface area contributed by atoms with Gasteiger partial charge in [-0.2, -0.15) is 0 Å². The molecule has 4 rings (SSSR count). The van der Waals surface area contributed by atoms with Gasteiger partial charge in [0.15, 0.2) is 0 Å². The Hall–Kier alpha value is -3.31. The molecule has 0 radical (unpaired) electrons. The van der Waals surface area contributed by atoms with Gasteiger partial charge in [0.2, 0.25) is 5.91 Å². The molecule has 0 saturated carbocycles. The standard InChI is InChI=1S/C25H25NO4/c1-26(2)23(29)15-20(28)24-17(12-11-16-7-3-5-9-19(16)27)13-14-22-25(24)18-8-4-6-10-21(18)30-22/h3-10,13-14,20,27-28H,11-12,15H2,1-2H3. The lowest BCUT2D eigenvalue weighted by Crippen LogP contribution is -2.24. The Kier molecular flexibility index (Phi) is 5.46. The van der Waals surface area contributed by atoms with Gasteiger partial charge in [0, 0.05) is 24.9 Å². The van der Waals surface area contributed by atoms with Gasteiger partial charge in [-0.05, 0) is 47.7 Å². The summed E-state index contributed by atoms with van der Waals surface area (Å²) in [6.45, 7) is 0. The molecule has 1 heterocycles. The van der Waals surface area contributed by atoms with E-state index < -0.39 is 6.10 Å². The zero-order valence-corrected chi connectivity index (χ0v) is 17.1. The second-order valence-electron chi connectivity index (χ2n) is 7.75. The van der Waals surface area contributed by atoms with E-state index in [2.05, 4.69) is 0 Å². The highest BCUT2D eigenvalue weighted by molar-refractivity contribution is 6.07. The number of hydrogen-bond acceptors (Lipinski definition) is 4. The molecule has 30 heavy (non-hydrogen) atoms. The molecule has 1 aromatic heterocycles. The minimum Gasteiger partial charge on any atom is -0.508 e. The van der Waals surface area contributed by atoms with Crippen molar-refractivity contribution in [2.45, 2.75) is 25.4 Å². The summed E-state index contributed by atoms with van der Waals surface area (Å²) in [6.07, 6.45) is 0.282. The molecule has 1 amide bonds. The molecule has 0 aliphatic carbocycles. The summed E-state index contributed by atoms with van der Waals surface area (Å²) in [6, 6.07) is 18.8. The van der Waals surface area contributed by atoms with Crippen LogP contribution in [-0.4, -0.2) is 35.1 Å². The summed E-state index contributed by atoms with van der Waals surface area (Å²) in [7, 11) is 3.37. The zero-order valence-electron chi connectivity index (χ0n) is 17.1. The molecule has 4 aromatic rings. The molecule has 2 N–H and O–H groups in total. The Balaban J connectivity index is 1.81. The first-order valence-electron chi connectivity index (χ1n) is 10.0. The SMILES string of the molecule is CN(C)C(=O)CC(O)c1c(CCc2ccccc2O)ccc2oc3ccccc3c12. The van der Waals surface area contributed by atoms with Crippen LogP contribution in [-0.2, 0) is 17.6 Å². The number of aryl methyl sites for hydroxylation is 2. The van der Waals surface area contributed by atoms with Gasteiger partial charge in [-0.1, -0.05) is 42.5 Å². The molecule has 1 atom stereocenters. The van der Waals surface area contributed by atoms with Gasteiger partial charge in [0.1, 0.15) is 16.9 Å². The van der Waals surface area contributed by atoms with Gasteiger partial charge in [-0.15, -0.1) is 0 Å². The molecule has 1 unspecified atom stereocenters. The van der Waals surface area contributed by atoms with Crippen LogP contribution in [0.3, 0.4) is 0 Å². The maximum absolute atomic E-state index is 12.3. The molecule has 0 aliphatic rings. The molecule has 0 aliphatic heterocycles. The number of rotatable bonds is 6. The number of aliphatic hydroxyl groups excluding tert-OH is 1. The van der Waals surface area contributed by atoms with Crippen LogP contribution in [0.2, 0.25) is 0 Å². The van der Waals surface area contributed by atoms with Crippen molar-refractivity contribution >= 4 is 27.8 Å². The van der Waals surface area contributed by atoms with Crippen molar-refractivity contribution in [2.75, 3.05) is 14.1 Å². The quantitative estimate of drug-likeness (QED) is 0.494. The van der Waals surface area contributed by atoms with Gasteiger partial charge in [-0.3, -0.25) is 4.79 Å². The Morgan fingerprint density at radius 1 is 0.933 bits per heavy atom. The number of aliphatic hydroxyl groups is 1. The van der Waals surface area contributed by atoms with Crippen LogP contribution >= 0.6 is 0 Å². The summed E-state index contributed by atoms with van der Waals surface area (Å²) in [5.41, 5.74) is 3.95. The predicted octanol–water partition coefficient (Wildman–Crippen LogP) is 4.59. The number of amides is 1. The van der Waals surface area contributed by atoms with Crippen molar-refractivity contribution in [1.29, 1.82) is 0 Å². The van der Waals surface area contributed by atoms with Crippen molar-refractivity contribution in [3.05, 3.63) is 77.4 Å². The zero-order chi connectivity index (χ0) is 21.3. The lowest BCUT2D eigenvalue weighted by Gasteiger charge is -2.19. The van der Waals surface area contributed by atoms with E-state index >= 15 is 0 Å². The predicted molar refractivity (Wildman–Crippen MR) is 118 cm³/mol. The van der Waals surface area contributed by atoms with Crippen LogP contribution in [0.4, 0.5) is 0 Å². The van der Waals surface area contributed by atoms with Crippen LogP contribution < -0.4 is 0 Å². The first-order valence-corrected chi connectivity index (χ1v) is 10.0. The largest absolute Gasteiger partial charge is 0.508 e. The number of benzene rings is 3. The van der Waals surface area contributed by atoms with E-state index in [0.29, 0.717) is 18.4 Å². The molecular weight excluding hydrogens is 378 g/mol. The number of carbonyl (C=O) groups excluding carboxylic acids is 1. The van der Waals surface area contributed by atoms with Gasteiger partial charge in [0.05, 0.1) is 12.5 Å². The van der Waals surface area contributed by atoms with E-state index in [-0.39, 0.29) is 18.1 Å². The number of para-hydroxylation sites is 2. The first-order chi connectivity index (χ1) is 14.5. The monoisotopic (exact) mass is 403 g/mol. The van der Waals surface area contributed by atoms with E-state index in [1.807, 2.05) is 48.5 Å². The van der Waals surface area contributed by atoms with E-state index in [1.54, 1.807) is 26.2 Å². The van der Waals surface area contributed by atoms with Crippen LogP contribution in [0.15, 0.2) is 65.1 Å². The number of hydrogen-bond donors (Lipinski definition) is 2. The topological polar surface area (TPSA) is 73.9 Å². The van der Waals surface area contributed by atoms with Crippen LogP contribution in [0.5, 0.6) is 5.75 Å². The molecule has 0 saturated heterocycles. The summed E-state index contributed by atoms with van der Waals surface area (Å²) in [5.74, 6) is 0.121. The minimum atomic E-state index is -0.955. The summed E-state index contributed by atoms with van der Waals surface area (Å²) in [5, 5.41) is 23.0. The molecule has 3 aromatic carbocycles. The van der Waals surface area contributed by atoms with Gasteiger partial charge in [0.25, 0.3) is 0 Å². The van der Waals surface area contributed by atoms with Crippen LogP contribution in [0, 0.1) is 0 Å². The third kappa shape index (κ3) is 3.76. The summed E-state index contributed by atoms with van der Waals surface area (Å²) in [4.78, 5) is 13.8. The molecule has 0 spiro atoms. The number of aromatic hydroxyl groups is 1. The van der Waals surface area contributed by atoms with Crippen molar-refractivity contribution in [1.82, 2.24) is 4.90 Å². The third-order valence-corrected chi connectivity index (χ3v) is 5.53. The number of phenols is 1. The van der Waals surface area contributed by atoms with Crippen LogP contribution in [0.25, 0.3) is 21.9 Å². The molecule has 0 fully saturated rings. The van der Waals surface area contributed by atoms with Crippen molar-refractivity contribution in [3.63, 3.8) is 0 Å². The van der Waals surface area contributed by atoms with E-state index in [0.717, 1.165) is 33.0 Å². The molecule has 5 heteroatoms. The van der Waals surface area contributed by atoms with Gasteiger partial charge in [-0.25, -0.2) is 0 Å². The third-order valence-electron chi connectivity index (χ3n) is 5.53. The fourth-order valence-corrected chi connectivity index (χ4v) is 3.93. The highest BCUT2D eigenvalue weighted by Gasteiger charge is 2.23. The van der Waals surface area contributed by atoms with Crippen molar-refractivity contribution < 1.29 is 19.4 Å². The summed E-state index contributed by atoms with van der Waals surface area (Å²) < 4.78 is 5.99. The average molecular weight is 403 g/mol. The number of fused-ring (bicyclic) bond motifs is 3. The molecule has 0 bridgehead atoms. The number of carbonyl (C=O) groups is 1. The van der Waals surface area contributed by atoms with Gasteiger partial charge < -0.3 is 19.5 Å².